The Hall–Kier alpha value is -0.590. The third-order valence-corrected chi connectivity index (χ3v) is 2.75. The van der Waals surface area contributed by atoms with Crippen LogP contribution in [0.1, 0.15) is 26.2 Å². The van der Waals surface area contributed by atoms with Crippen LogP contribution < -0.4 is 5.73 Å². The van der Waals surface area contributed by atoms with Crippen molar-refractivity contribution in [3.05, 3.63) is 0 Å². The smallest absolute Gasteiger partial charge is 0.0975 e. The molecule has 0 aromatic carbocycles. The van der Waals surface area contributed by atoms with E-state index < -0.39 is 0 Å². The lowest BCUT2D eigenvalue weighted by molar-refractivity contribution is 0.114. The molecule has 0 aromatic heterocycles. The largest absolute Gasteiger partial charge is 0.328 e. The summed E-state index contributed by atoms with van der Waals surface area (Å²) in [5.74, 6) is 0. The zero-order valence-electron chi connectivity index (χ0n) is 7.83. The molecule has 1 saturated carbocycles. The van der Waals surface area contributed by atoms with Crippen LogP contribution in [0.3, 0.4) is 0 Å². The van der Waals surface area contributed by atoms with Crippen molar-refractivity contribution in [2.75, 3.05) is 7.05 Å². The number of nitrogens with zero attached hydrogens (tertiary/aromatic N) is 2. The van der Waals surface area contributed by atoms with Gasteiger partial charge in [-0.2, -0.15) is 5.26 Å². The number of nitrogens with two attached hydrogens (primary N) is 1. The van der Waals surface area contributed by atoms with Crippen molar-refractivity contribution in [3.8, 4) is 6.07 Å². The molecule has 0 bridgehead atoms. The lowest BCUT2D eigenvalue weighted by atomic mass is 9.86. The highest BCUT2D eigenvalue weighted by molar-refractivity contribution is 4.97. The van der Waals surface area contributed by atoms with E-state index in [4.69, 9.17) is 11.0 Å². The Morgan fingerprint density at radius 2 is 2.25 bits per heavy atom. The van der Waals surface area contributed by atoms with Crippen LogP contribution in [-0.2, 0) is 0 Å². The Labute approximate surface area is 74.1 Å². The standard InChI is InChI=1S/C9H17N3/c1-3-8(6-10)12(2)9-4-7(11)5-9/h7-9H,3-5,11H2,1-2H3. The number of hydrogen-bond acceptors (Lipinski definition) is 3. The molecule has 1 unspecified atom stereocenters. The molecule has 0 heterocycles. The maximum Gasteiger partial charge on any atom is 0.0975 e. The summed E-state index contributed by atoms with van der Waals surface area (Å²) < 4.78 is 0. The van der Waals surface area contributed by atoms with E-state index in [0.717, 1.165) is 19.3 Å². The predicted molar refractivity (Wildman–Crippen MR) is 48.5 cm³/mol. The summed E-state index contributed by atoms with van der Waals surface area (Å²) in [6.45, 7) is 2.04. The molecule has 1 aliphatic rings. The predicted octanol–water partition coefficient (Wildman–Crippen LogP) is 0.710. The van der Waals surface area contributed by atoms with Crippen molar-refractivity contribution in [1.29, 1.82) is 5.26 Å². The van der Waals surface area contributed by atoms with Gasteiger partial charge in [-0.3, -0.25) is 4.90 Å². The van der Waals surface area contributed by atoms with Crippen molar-refractivity contribution in [1.82, 2.24) is 4.90 Å². The molecule has 0 aliphatic heterocycles. The fraction of sp³-hybridized carbons (Fsp3) is 0.889. The van der Waals surface area contributed by atoms with Gasteiger partial charge in [0.05, 0.1) is 12.1 Å². The van der Waals surface area contributed by atoms with Gasteiger partial charge in [-0.15, -0.1) is 0 Å². The van der Waals surface area contributed by atoms with Gasteiger partial charge >= 0.3 is 0 Å². The Bertz CT molecular complexity index is 179. The van der Waals surface area contributed by atoms with Gasteiger partial charge in [0.15, 0.2) is 0 Å². The molecule has 0 spiro atoms. The van der Waals surface area contributed by atoms with Gasteiger partial charge in [0.1, 0.15) is 0 Å². The minimum atomic E-state index is 0.0718. The Morgan fingerprint density at radius 3 is 2.58 bits per heavy atom. The first kappa shape index (κ1) is 9.50. The summed E-state index contributed by atoms with van der Waals surface area (Å²) in [6, 6.07) is 3.29. The molecular formula is C9H17N3. The van der Waals surface area contributed by atoms with E-state index in [1.165, 1.54) is 0 Å². The average Bonchev–Trinajstić information content (AvgIpc) is 2.01. The van der Waals surface area contributed by atoms with E-state index in [2.05, 4.69) is 11.0 Å². The fourth-order valence-corrected chi connectivity index (χ4v) is 1.69. The molecule has 3 nitrogen and oxygen atoms in total. The van der Waals surface area contributed by atoms with E-state index >= 15 is 0 Å². The van der Waals surface area contributed by atoms with Crippen LogP contribution in [-0.4, -0.2) is 30.1 Å². The zero-order valence-corrected chi connectivity index (χ0v) is 7.83. The van der Waals surface area contributed by atoms with E-state index in [0.29, 0.717) is 12.1 Å². The van der Waals surface area contributed by atoms with E-state index in [1.807, 2.05) is 14.0 Å². The maximum absolute atomic E-state index is 8.81. The van der Waals surface area contributed by atoms with Crippen LogP contribution in [0.5, 0.6) is 0 Å². The second kappa shape index (κ2) is 3.88. The first-order chi connectivity index (χ1) is 5.69. The summed E-state index contributed by atoms with van der Waals surface area (Å²) in [6.07, 6.45) is 3.00. The quantitative estimate of drug-likeness (QED) is 0.673. The summed E-state index contributed by atoms with van der Waals surface area (Å²) >= 11 is 0. The zero-order chi connectivity index (χ0) is 9.14. The molecule has 2 N–H and O–H groups in total. The van der Waals surface area contributed by atoms with Crippen molar-refractivity contribution < 1.29 is 0 Å². The topological polar surface area (TPSA) is 53.0 Å². The summed E-state index contributed by atoms with van der Waals surface area (Å²) in [4.78, 5) is 2.16. The SMILES string of the molecule is CCC(C#N)N(C)C1CC(N)C1. The van der Waals surface area contributed by atoms with Crippen LogP contribution in [0.25, 0.3) is 0 Å². The average molecular weight is 167 g/mol. The second-order valence-electron chi connectivity index (χ2n) is 3.60. The lowest BCUT2D eigenvalue weighted by Crippen LogP contribution is -2.52. The third-order valence-electron chi connectivity index (χ3n) is 2.75. The molecule has 0 radical (unpaired) electrons. The van der Waals surface area contributed by atoms with Gasteiger partial charge in [0.2, 0.25) is 0 Å². The first-order valence-corrected chi connectivity index (χ1v) is 4.56. The molecular weight excluding hydrogens is 150 g/mol. The molecule has 1 aliphatic carbocycles. The van der Waals surface area contributed by atoms with Crippen LogP contribution in [0, 0.1) is 11.3 Å². The van der Waals surface area contributed by atoms with Crippen LogP contribution in [0.2, 0.25) is 0 Å². The van der Waals surface area contributed by atoms with Crippen molar-refractivity contribution in [2.24, 2.45) is 5.73 Å². The Kier molecular flexibility index (Phi) is 3.07. The lowest BCUT2D eigenvalue weighted by Gasteiger charge is -2.41. The molecule has 1 atom stereocenters. The summed E-state index contributed by atoms with van der Waals surface area (Å²) in [7, 11) is 2.02. The highest BCUT2D eigenvalue weighted by atomic mass is 15.2. The van der Waals surface area contributed by atoms with Gasteiger partial charge in [-0.25, -0.2) is 0 Å². The number of rotatable bonds is 3. The maximum atomic E-state index is 8.81. The van der Waals surface area contributed by atoms with Gasteiger partial charge in [0.25, 0.3) is 0 Å². The van der Waals surface area contributed by atoms with Gasteiger partial charge in [-0.05, 0) is 26.3 Å². The highest BCUT2D eigenvalue weighted by Gasteiger charge is 2.31. The van der Waals surface area contributed by atoms with Crippen molar-refractivity contribution >= 4 is 0 Å². The highest BCUT2D eigenvalue weighted by Crippen LogP contribution is 2.24. The van der Waals surface area contributed by atoms with Crippen molar-refractivity contribution in [2.45, 2.75) is 44.3 Å². The minimum Gasteiger partial charge on any atom is -0.328 e. The first-order valence-electron chi connectivity index (χ1n) is 4.56. The molecule has 12 heavy (non-hydrogen) atoms. The van der Waals surface area contributed by atoms with Crippen LogP contribution in [0.15, 0.2) is 0 Å². The third kappa shape index (κ3) is 1.77. The molecule has 0 amide bonds. The molecule has 68 valence electrons. The van der Waals surface area contributed by atoms with Crippen molar-refractivity contribution in [3.63, 3.8) is 0 Å². The van der Waals surface area contributed by atoms with E-state index in [-0.39, 0.29) is 6.04 Å². The normalized spacial score (nSPS) is 30.9. The van der Waals surface area contributed by atoms with Gasteiger partial charge in [0, 0.05) is 12.1 Å². The molecule has 1 rings (SSSR count). The Balaban J connectivity index is 2.37. The second-order valence-corrected chi connectivity index (χ2v) is 3.60. The van der Waals surface area contributed by atoms with Gasteiger partial charge in [-0.1, -0.05) is 6.92 Å². The number of hydrogen-bond donors (Lipinski definition) is 1. The molecule has 0 saturated heterocycles. The Morgan fingerprint density at radius 1 is 1.67 bits per heavy atom. The number of nitriles is 1. The fourth-order valence-electron chi connectivity index (χ4n) is 1.69. The monoisotopic (exact) mass is 167 g/mol. The van der Waals surface area contributed by atoms with E-state index in [1.54, 1.807) is 0 Å². The molecule has 1 fully saturated rings. The molecule has 0 aromatic rings. The summed E-state index contributed by atoms with van der Waals surface area (Å²) in [5, 5.41) is 8.81. The minimum absolute atomic E-state index is 0.0718. The van der Waals surface area contributed by atoms with Gasteiger partial charge < -0.3 is 5.73 Å². The summed E-state index contributed by atoms with van der Waals surface area (Å²) in [5.41, 5.74) is 5.68. The van der Waals surface area contributed by atoms with Crippen LogP contribution in [0.4, 0.5) is 0 Å². The van der Waals surface area contributed by atoms with E-state index in [9.17, 15) is 0 Å². The molecule has 3 heteroatoms. The van der Waals surface area contributed by atoms with Crippen LogP contribution >= 0.6 is 0 Å².